The van der Waals surface area contributed by atoms with Crippen LogP contribution in [0.25, 0.3) is 60.9 Å². The topological polar surface area (TPSA) is 116 Å². The normalized spacial score (nSPS) is 12.2. The van der Waals surface area contributed by atoms with Crippen molar-refractivity contribution in [3.8, 4) is 51.2 Å². The number of nitriles is 2. The van der Waals surface area contributed by atoms with Crippen LogP contribution in [-0.4, -0.2) is 26.3 Å². The Kier molecular flexibility index (Phi) is 7.03. The monoisotopic (exact) mass is 668 g/mol. The molecule has 1 aliphatic heterocycles. The number of anilines is 1. The lowest BCUT2D eigenvalue weighted by molar-refractivity contribution is 0.0926. The molecule has 8 aromatic rings. The Morgan fingerprint density at radius 3 is 1.63 bits per heavy atom. The summed E-state index contributed by atoms with van der Waals surface area (Å²) >= 11 is 0. The third-order valence-corrected chi connectivity index (χ3v) is 9.53. The Bertz CT molecular complexity index is 2750. The summed E-state index contributed by atoms with van der Waals surface area (Å²) in [6.07, 6.45) is 6.50. The number of nitrogens with zero attached hydrogens (tertiary/aromatic N) is 6. The predicted molar refractivity (Wildman–Crippen MR) is 200 cm³/mol. The van der Waals surface area contributed by atoms with Gasteiger partial charge in [-0.05, 0) is 82.9 Å². The molecule has 8 heteroatoms. The van der Waals surface area contributed by atoms with Gasteiger partial charge in [-0.2, -0.15) is 10.5 Å². The molecule has 52 heavy (non-hydrogen) atoms. The molecule has 8 nitrogen and oxygen atoms in total. The number of carbonyl (C=O) groups is 2. The van der Waals surface area contributed by atoms with E-state index in [2.05, 4.69) is 34.2 Å². The quantitative estimate of drug-likeness (QED) is 0.169. The van der Waals surface area contributed by atoms with Crippen LogP contribution in [0.15, 0.2) is 146 Å². The molecule has 0 aliphatic carbocycles. The third-order valence-electron chi connectivity index (χ3n) is 9.53. The number of hydrogen-bond acceptors (Lipinski definition) is 6. The van der Waals surface area contributed by atoms with Crippen molar-refractivity contribution in [2.24, 2.45) is 0 Å². The van der Waals surface area contributed by atoms with Crippen LogP contribution in [0, 0.1) is 22.7 Å². The highest BCUT2D eigenvalue weighted by molar-refractivity contribution is 6.35. The number of pyridine rings is 2. The molecule has 5 aromatic carbocycles. The molecule has 3 aromatic heterocycles. The summed E-state index contributed by atoms with van der Waals surface area (Å²) < 4.78 is 2.03. The fraction of sp³-hybridized carbons (Fsp3) is 0. The van der Waals surface area contributed by atoms with E-state index in [0.717, 1.165) is 55.2 Å². The molecule has 0 saturated heterocycles. The third kappa shape index (κ3) is 4.83. The van der Waals surface area contributed by atoms with Gasteiger partial charge < -0.3 is 4.57 Å². The van der Waals surface area contributed by atoms with Crippen LogP contribution in [0.2, 0.25) is 0 Å². The highest BCUT2D eigenvalue weighted by Gasteiger charge is 2.39. The van der Waals surface area contributed by atoms with Crippen molar-refractivity contribution in [1.82, 2.24) is 14.5 Å². The second-order valence-electron chi connectivity index (χ2n) is 12.5. The summed E-state index contributed by atoms with van der Waals surface area (Å²) in [7, 11) is 0. The van der Waals surface area contributed by atoms with Crippen LogP contribution in [0.1, 0.15) is 31.8 Å². The van der Waals surface area contributed by atoms with Crippen molar-refractivity contribution in [2.75, 3.05) is 4.90 Å². The smallest absolute Gasteiger partial charge is 0.268 e. The average molecular weight is 669 g/mol. The number of benzene rings is 5. The molecule has 4 heterocycles. The summed E-state index contributed by atoms with van der Waals surface area (Å²) in [6.45, 7) is 0. The Morgan fingerprint density at radius 1 is 0.500 bits per heavy atom. The van der Waals surface area contributed by atoms with Gasteiger partial charge >= 0.3 is 0 Å². The van der Waals surface area contributed by atoms with E-state index in [1.165, 1.54) is 17.3 Å². The fourth-order valence-corrected chi connectivity index (χ4v) is 7.08. The van der Waals surface area contributed by atoms with E-state index < -0.39 is 5.91 Å². The first-order valence-electron chi connectivity index (χ1n) is 16.5. The van der Waals surface area contributed by atoms with E-state index in [9.17, 15) is 20.1 Å². The van der Waals surface area contributed by atoms with E-state index in [1.54, 1.807) is 48.8 Å². The molecule has 0 radical (unpaired) electrons. The largest absolute Gasteiger partial charge is 0.308 e. The van der Waals surface area contributed by atoms with Gasteiger partial charge in [0, 0.05) is 46.7 Å². The first kappa shape index (κ1) is 30.4. The Morgan fingerprint density at radius 2 is 1.06 bits per heavy atom. The Labute approximate surface area is 297 Å². The van der Waals surface area contributed by atoms with Crippen molar-refractivity contribution in [1.29, 1.82) is 10.5 Å². The molecule has 0 spiro atoms. The molecule has 0 atom stereocenters. The van der Waals surface area contributed by atoms with E-state index in [0.29, 0.717) is 33.6 Å². The van der Waals surface area contributed by atoms with Gasteiger partial charge in [-0.1, -0.05) is 60.7 Å². The predicted octanol–water partition coefficient (Wildman–Crippen LogP) is 9.12. The van der Waals surface area contributed by atoms with Crippen molar-refractivity contribution >= 4 is 39.3 Å². The summed E-state index contributed by atoms with van der Waals surface area (Å²) in [5.74, 6) is -0.778. The summed E-state index contributed by atoms with van der Waals surface area (Å²) in [5.41, 5.74) is 9.62. The van der Waals surface area contributed by atoms with Gasteiger partial charge in [0.25, 0.3) is 11.8 Å². The van der Waals surface area contributed by atoms with E-state index >= 15 is 0 Å². The van der Waals surface area contributed by atoms with Crippen LogP contribution in [0.3, 0.4) is 0 Å². The van der Waals surface area contributed by atoms with Crippen LogP contribution >= 0.6 is 0 Å². The summed E-state index contributed by atoms with van der Waals surface area (Å²) in [4.78, 5) is 38.1. The maximum absolute atomic E-state index is 14.4. The fourth-order valence-electron chi connectivity index (χ4n) is 7.08. The highest BCUT2D eigenvalue weighted by atomic mass is 16.2. The molecule has 2 amide bonds. The lowest BCUT2D eigenvalue weighted by atomic mass is 10.0. The highest BCUT2D eigenvalue weighted by Crippen LogP contribution is 2.40. The van der Waals surface area contributed by atoms with Crippen LogP contribution in [0.4, 0.5) is 5.69 Å². The maximum atomic E-state index is 14.4. The molecule has 0 unspecified atom stereocenters. The number of aromatic nitrogens is 3. The molecule has 1 aliphatic rings. The zero-order valence-corrected chi connectivity index (χ0v) is 27.4. The standard InChI is InChI=1S/C44H24N6O2/c45-21-27-17-33(25-47-23-27)31-11-15-39-37(19-31)38-20-32(34-18-28(22-46)24-48-26-34)12-16-40(38)50(39)41-8-4-7-36-42(41)44(52)49(43(36)51)35-13-9-30(10-14-35)29-5-2-1-3-6-29/h1-20,23-26H. The van der Waals surface area contributed by atoms with Gasteiger partial charge in [0.2, 0.25) is 0 Å². The molecule has 0 fully saturated rings. The molecule has 9 rings (SSSR count). The van der Waals surface area contributed by atoms with Crippen molar-refractivity contribution in [3.63, 3.8) is 0 Å². The number of hydrogen-bond donors (Lipinski definition) is 0. The first-order valence-corrected chi connectivity index (χ1v) is 16.5. The minimum atomic E-state index is -0.398. The van der Waals surface area contributed by atoms with Crippen molar-refractivity contribution in [2.45, 2.75) is 0 Å². The zero-order chi connectivity index (χ0) is 35.3. The Hall–Kier alpha value is -7.68. The van der Waals surface area contributed by atoms with Crippen molar-refractivity contribution < 1.29 is 9.59 Å². The van der Waals surface area contributed by atoms with Gasteiger partial charge in [0.15, 0.2) is 0 Å². The number of imide groups is 1. The number of fused-ring (bicyclic) bond motifs is 4. The number of amides is 2. The van der Waals surface area contributed by atoms with Gasteiger partial charge in [0.1, 0.15) is 12.1 Å². The SMILES string of the molecule is N#Cc1cncc(-c2ccc3c(c2)c2cc(-c4cncc(C#N)c4)ccc2n3-c2cccc3c2C(=O)N(c2ccc(-c4ccccc4)cc2)C3=O)c1. The summed E-state index contributed by atoms with van der Waals surface area (Å²) in [5, 5.41) is 20.8. The molecular weight excluding hydrogens is 645 g/mol. The van der Waals surface area contributed by atoms with E-state index in [-0.39, 0.29) is 5.91 Å². The minimum absolute atomic E-state index is 0.323. The van der Waals surface area contributed by atoms with E-state index in [4.69, 9.17) is 0 Å². The van der Waals surface area contributed by atoms with Gasteiger partial charge in [0.05, 0.1) is 44.7 Å². The zero-order valence-electron chi connectivity index (χ0n) is 27.4. The average Bonchev–Trinajstić information content (AvgIpc) is 3.67. The van der Waals surface area contributed by atoms with Crippen LogP contribution in [-0.2, 0) is 0 Å². The second-order valence-corrected chi connectivity index (χ2v) is 12.5. The van der Waals surface area contributed by atoms with Gasteiger partial charge in [-0.25, -0.2) is 4.90 Å². The van der Waals surface area contributed by atoms with Gasteiger partial charge in [-0.15, -0.1) is 0 Å². The second kappa shape index (κ2) is 12.0. The van der Waals surface area contributed by atoms with Crippen LogP contribution in [0.5, 0.6) is 0 Å². The lowest BCUT2D eigenvalue weighted by Gasteiger charge is -2.15. The van der Waals surface area contributed by atoms with Crippen molar-refractivity contribution in [3.05, 3.63) is 168 Å². The summed E-state index contributed by atoms with van der Waals surface area (Å²) in [6, 6.07) is 42.7. The number of carbonyl (C=O) groups excluding carboxylic acids is 2. The molecule has 0 saturated carbocycles. The molecule has 0 bridgehead atoms. The minimum Gasteiger partial charge on any atom is -0.308 e. The van der Waals surface area contributed by atoms with Gasteiger partial charge in [-0.3, -0.25) is 19.6 Å². The molecule has 0 N–H and O–H groups in total. The molecule has 242 valence electrons. The lowest BCUT2D eigenvalue weighted by Crippen LogP contribution is -2.29. The van der Waals surface area contributed by atoms with Crippen LogP contribution < -0.4 is 4.90 Å². The number of rotatable bonds is 5. The first-order chi connectivity index (χ1) is 25.5. The maximum Gasteiger partial charge on any atom is 0.268 e. The van der Waals surface area contributed by atoms with E-state index in [1.807, 2.05) is 77.4 Å². The molecular formula is C44H24N6O2. The Balaban J connectivity index is 1.22.